The van der Waals surface area contributed by atoms with Gasteiger partial charge in [-0.25, -0.2) is 4.79 Å². The van der Waals surface area contributed by atoms with Crippen LogP contribution in [0.5, 0.6) is 0 Å². The summed E-state index contributed by atoms with van der Waals surface area (Å²) in [4.78, 5) is 19.7. The summed E-state index contributed by atoms with van der Waals surface area (Å²) in [5, 5.41) is 4.17. The van der Waals surface area contributed by atoms with Crippen LogP contribution in [0, 0.1) is 5.92 Å². The maximum absolute atomic E-state index is 12.0. The van der Waals surface area contributed by atoms with Gasteiger partial charge in [-0.3, -0.25) is 4.90 Å². The lowest BCUT2D eigenvalue weighted by atomic mass is 9.92. The van der Waals surface area contributed by atoms with E-state index in [1.807, 2.05) is 24.3 Å². The molecule has 3 rings (SSSR count). The first-order valence-electron chi connectivity index (χ1n) is 8.74. The highest BCUT2D eigenvalue weighted by Crippen LogP contribution is 2.22. The molecule has 0 spiro atoms. The van der Waals surface area contributed by atoms with Gasteiger partial charge in [-0.05, 0) is 24.6 Å². The van der Waals surface area contributed by atoms with E-state index in [0.29, 0.717) is 11.6 Å². The predicted octanol–water partition coefficient (Wildman–Crippen LogP) is 4.13. The van der Waals surface area contributed by atoms with Crippen LogP contribution in [0.4, 0.5) is 0 Å². The summed E-state index contributed by atoms with van der Waals surface area (Å²) in [5.41, 5.74) is 2.80. The first-order chi connectivity index (χ1) is 12.1. The van der Waals surface area contributed by atoms with E-state index in [0.717, 1.165) is 25.2 Å². The fourth-order valence-corrected chi connectivity index (χ4v) is 3.16. The molecule has 4 heteroatoms. The van der Waals surface area contributed by atoms with Crippen LogP contribution >= 0.6 is 0 Å². The molecular weight excluding hydrogens is 312 g/mol. The summed E-state index contributed by atoms with van der Waals surface area (Å²) >= 11 is 0. The molecule has 1 aliphatic heterocycles. The number of carbonyl (C=O) groups is 1. The Balaban J connectivity index is 1.61. The molecule has 1 fully saturated rings. The number of hydrogen-bond acceptors (Lipinski definition) is 4. The Morgan fingerprint density at radius 3 is 2.40 bits per heavy atom. The smallest absolute Gasteiger partial charge is 0.313 e. The Labute approximate surface area is 149 Å². The van der Waals surface area contributed by atoms with E-state index >= 15 is 0 Å². The van der Waals surface area contributed by atoms with E-state index in [-0.39, 0.29) is 5.92 Å². The van der Waals surface area contributed by atoms with Crippen LogP contribution in [0.15, 0.2) is 65.8 Å². The van der Waals surface area contributed by atoms with Crippen LogP contribution in [-0.2, 0) is 11.4 Å². The first-order valence-corrected chi connectivity index (χ1v) is 8.74. The second-order valence-corrected chi connectivity index (χ2v) is 6.70. The number of rotatable bonds is 4. The maximum atomic E-state index is 12.0. The number of carbonyl (C=O) groups excluding carboxylic acids is 1. The van der Waals surface area contributed by atoms with E-state index < -0.39 is 5.97 Å². The molecule has 2 aromatic rings. The molecule has 0 amide bonds. The number of oxime groups is 1. The zero-order valence-corrected chi connectivity index (χ0v) is 14.8. The topological polar surface area (TPSA) is 41.9 Å². The third kappa shape index (κ3) is 4.54. The van der Waals surface area contributed by atoms with Crippen LogP contribution in [0.1, 0.15) is 36.2 Å². The van der Waals surface area contributed by atoms with Crippen molar-refractivity contribution in [1.29, 1.82) is 0 Å². The number of likely N-dealkylation sites (tertiary alicyclic amines) is 1. The predicted molar refractivity (Wildman–Crippen MR) is 99.4 cm³/mol. The molecule has 1 saturated heterocycles. The van der Waals surface area contributed by atoms with Crippen LogP contribution in [0.3, 0.4) is 0 Å². The molecule has 2 aromatic carbocycles. The normalized spacial score (nSPS) is 22.7. The van der Waals surface area contributed by atoms with Gasteiger partial charge in [-0.2, -0.15) is 0 Å². The summed E-state index contributed by atoms with van der Waals surface area (Å²) in [5.74, 6) is -0.136. The minimum atomic E-state index is -0.403. The molecule has 0 saturated carbocycles. The molecule has 2 atom stereocenters. The zero-order valence-electron chi connectivity index (χ0n) is 14.8. The lowest BCUT2D eigenvalue weighted by molar-refractivity contribution is 0.0506. The van der Waals surface area contributed by atoms with Crippen LogP contribution < -0.4 is 0 Å². The van der Waals surface area contributed by atoms with Gasteiger partial charge in [-0.1, -0.05) is 60.6 Å². The minimum absolute atomic E-state index is 0.267. The molecular formula is C21H24N2O2. The van der Waals surface area contributed by atoms with E-state index in [2.05, 4.69) is 48.2 Å². The van der Waals surface area contributed by atoms with Gasteiger partial charge in [0.05, 0.1) is 11.3 Å². The van der Waals surface area contributed by atoms with Gasteiger partial charge >= 0.3 is 5.97 Å². The quantitative estimate of drug-likeness (QED) is 0.623. The highest BCUT2D eigenvalue weighted by Gasteiger charge is 2.28. The second-order valence-electron chi connectivity index (χ2n) is 6.70. The lowest BCUT2D eigenvalue weighted by Gasteiger charge is -2.37. The largest absolute Gasteiger partial charge is 0.365 e. The Morgan fingerprint density at radius 1 is 1.08 bits per heavy atom. The molecule has 0 aliphatic carbocycles. The molecule has 0 bridgehead atoms. The zero-order chi connectivity index (χ0) is 17.6. The Hall–Kier alpha value is -2.46. The summed E-state index contributed by atoms with van der Waals surface area (Å²) in [6, 6.07) is 19.8. The highest BCUT2D eigenvalue weighted by molar-refractivity contribution is 5.91. The van der Waals surface area contributed by atoms with Crippen molar-refractivity contribution in [2.75, 3.05) is 6.54 Å². The summed E-state index contributed by atoms with van der Waals surface area (Å²) < 4.78 is 0. The van der Waals surface area contributed by atoms with Gasteiger partial charge in [0.15, 0.2) is 0 Å². The van der Waals surface area contributed by atoms with Gasteiger partial charge in [0, 0.05) is 31.5 Å². The van der Waals surface area contributed by atoms with Gasteiger partial charge in [0.1, 0.15) is 0 Å². The van der Waals surface area contributed by atoms with Crippen LogP contribution in [0.25, 0.3) is 0 Å². The average molecular weight is 336 g/mol. The third-order valence-electron chi connectivity index (χ3n) is 4.69. The van der Waals surface area contributed by atoms with Crippen molar-refractivity contribution in [2.24, 2.45) is 11.1 Å². The highest BCUT2D eigenvalue weighted by atomic mass is 16.7. The molecule has 1 heterocycles. The van der Waals surface area contributed by atoms with Gasteiger partial charge in [-0.15, -0.1) is 0 Å². The maximum Gasteiger partial charge on any atom is 0.365 e. The molecule has 0 aromatic heterocycles. The Kier molecular flexibility index (Phi) is 5.61. The van der Waals surface area contributed by atoms with Crippen LogP contribution in [0.2, 0.25) is 0 Å². The van der Waals surface area contributed by atoms with Crippen molar-refractivity contribution in [2.45, 2.75) is 32.9 Å². The van der Waals surface area contributed by atoms with Gasteiger partial charge < -0.3 is 4.84 Å². The van der Waals surface area contributed by atoms with Gasteiger partial charge in [0.25, 0.3) is 0 Å². The van der Waals surface area contributed by atoms with Crippen LogP contribution in [-0.4, -0.2) is 29.2 Å². The molecule has 0 N–H and O–H groups in total. The molecule has 0 radical (unpaired) electrons. The molecule has 1 aliphatic rings. The minimum Gasteiger partial charge on any atom is -0.313 e. The summed E-state index contributed by atoms with van der Waals surface area (Å²) in [7, 11) is 0. The number of piperidine rings is 1. The van der Waals surface area contributed by atoms with Crippen molar-refractivity contribution < 1.29 is 9.63 Å². The SMILES string of the molecule is CC1CN(Cc2ccccc2)C(C)C/C1=N\OC(=O)c1ccccc1. The van der Waals surface area contributed by atoms with E-state index in [9.17, 15) is 4.79 Å². The Morgan fingerprint density at radius 2 is 1.72 bits per heavy atom. The summed E-state index contributed by atoms with van der Waals surface area (Å²) in [6.45, 7) is 6.18. The fraction of sp³-hybridized carbons (Fsp3) is 0.333. The lowest BCUT2D eigenvalue weighted by Crippen LogP contribution is -2.45. The Bertz CT molecular complexity index is 728. The summed E-state index contributed by atoms with van der Waals surface area (Å²) in [6.07, 6.45) is 0.816. The van der Waals surface area contributed by atoms with Crippen molar-refractivity contribution in [3.05, 3.63) is 71.8 Å². The monoisotopic (exact) mass is 336 g/mol. The van der Waals surface area contributed by atoms with Crippen molar-refractivity contribution in [1.82, 2.24) is 4.90 Å². The molecule has 2 unspecified atom stereocenters. The van der Waals surface area contributed by atoms with Crippen molar-refractivity contribution in [3.63, 3.8) is 0 Å². The first kappa shape index (κ1) is 17.4. The van der Waals surface area contributed by atoms with E-state index in [4.69, 9.17) is 4.84 Å². The number of nitrogens with zero attached hydrogens (tertiary/aromatic N) is 2. The number of hydrogen-bond donors (Lipinski definition) is 0. The molecule has 4 nitrogen and oxygen atoms in total. The van der Waals surface area contributed by atoms with Gasteiger partial charge in [0.2, 0.25) is 0 Å². The van der Waals surface area contributed by atoms with Crippen molar-refractivity contribution >= 4 is 11.7 Å². The number of benzene rings is 2. The fourth-order valence-electron chi connectivity index (χ4n) is 3.16. The molecule has 130 valence electrons. The van der Waals surface area contributed by atoms with E-state index in [1.54, 1.807) is 12.1 Å². The van der Waals surface area contributed by atoms with Crippen molar-refractivity contribution in [3.8, 4) is 0 Å². The standard InChI is InChI=1S/C21H24N2O2/c1-16-14-23(15-18-9-5-3-6-10-18)17(2)13-20(16)22-25-21(24)19-11-7-4-8-12-19/h3-12,16-17H,13-15H2,1-2H3/b22-20+. The average Bonchev–Trinajstić information content (AvgIpc) is 2.64. The van der Waals surface area contributed by atoms with E-state index in [1.165, 1.54) is 5.56 Å². The molecule has 25 heavy (non-hydrogen) atoms. The third-order valence-corrected chi connectivity index (χ3v) is 4.69. The second kappa shape index (κ2) is 8.08.